The van der Waals surface area contributed by atoms with Crippen molar-refractivity contribution in [2.45, 2.75) is 49.9 Å². The van der Waals surface area contributed by atoms with E-state index in [1.807, 2.05) is 0 Å². The normalized spacial score (nSPS) is 47.2. The van der Waals surface area contributed by atoms with Crippen molar-refractivity contribution in [1.82, 2.24) is 0 Å². The highest BCUT2D eigenvalue weighted by molar-refractivity contribution is 7.96. The molecule has 3 fully saturated rings. The summed E-state index contributed by atoms with van der Waals surface area (Å²) in [4.78, 5) is 11.9. The highest BCUT2D eigenvalue weighted by Gasteiger charge is 2.81. The molecule has 2 saturated carbocycles. The zero-order chi connectivity index (χ0) is 19.0. The first-order chi connectivity index (χ1) is 11.3. The predicted molar refractivity (Wildman–Crippen MR) is 76.7 cm³/mol. The molecule has 0 aromatic carbocycles. The van der Waals surface area contributed by atoms with Crippen molar-refractivity contribution in [3.63, 3.8) is 0 Å². The Bertz CT molecular complexity index is 700. The van der Waals surface area contributed by atoms with Gasteiger partial charge >= 0.3 is 11.2 Å². The van der Waals surface area contributed by atoms with Crippen LogP contribution in [0.1, 0.15) is 27.7 Å². The monoisotopic (exact) mass is 403 g/mol. The third-order valence-electron chi connectivity index (χ3n) is 6.51. The molecule has 0 radical (unpaired) electrons. The molecule has 0 amide bonds. The van der Waals surface area contributed by atoms with Gasteiger partial charge in [0.1, 0.15) is 23.4 Å². The van der Waals surface area contributed by atoms with Crippen molar-refractivity contribution in [3.05, 3.63) is 0 Å². The molecule has 0 N–H and O–H groups in total. The second kappa shape index (κ2) is 5.49. The summed E-state index contributed by atoms with van der Waals surface area (Å²) in [5, 5.41) is 7.04. The molecule has 1 aliphatic heterocycles. The SMILES string of the molecule is CC1C2C3C(OC(=O)C(F)(F)SOO[O-])C1(C)C(C)C2(C)OS3(=O)=O. The van der Waals surface area contributed by atoms with E-state index >= 15 is 0 Å². The van der Waals surface area contributed by atoms with Crippen LogP contribution in [0, 0.1) is 23.2 Å². The van der Waals surface area contributed by atoms with E-state index in [9.17, 15) is 27.3 Å². The molecule has 8 nitrogen and oxygen atoms in total. The molecule has 1 saturated heterocycles. The average molecular weight is 403 g/mol. The number of esters is 1. The summed E-state index contributed by atoms with van der Waals surface area (Å²) >= 11 is -0.814. The molecule has 2 aliphatic carbocycles. The van der Waals surface area contributed by atoms with Gasteiger partial charge in [-0.3, -0.25) is 9.22 Å². The quantitative estimate of drug-likeness (QED) is 0.216. The number of hydrogen-bond acceptors (Lipinski definition) is 9. The second-order valence-corrected chi connectivity index (χ2v) is 9.70. The van der Waals surface area contributed by atoms with Gasteiger partial charge in [-0.1, -0.05) is 20.8 Å². The van der Waals surface area contributed by atoms with Crippen molar-refractivity contribution >= 4 is 28.1 Å². The Morgan fingerprint density at radius 1 is 1.32 bits per heavy atom. The zero-order valence-corrected chi connectivity index (χ0v) is 15.4. The Labute approximate surface area is 147 Å². The number of fused-ring (bicyclic) bond motifs is 1. The smallest absolute Gasteiger partial charge is 0.415 e. The van der Waals surface area contributed by atoms with Gasteiger partial charge in [0.25, 0.3) is 10.1 Å². The highest BCUT2D eigenvalue weighted by atomic mass is 32.2. The van der Waals surface area contributed by atoms with Crippen LogP contribution in [0.3, 0.4) is 0 Å². The molecule has 7 unspecified atom stereocenters. The van der Waals surface area contributed by atoms with Crippen LogP contribution in [0.2, 0.25) is 0 Å². The Morgan fingerprint density at radius 2 is 1.92 bits per heavy atom. The van der Waals surface area contributed by atoms with Gasteiger partial charge in [-0.2, -0.15) is 21.5 Å². The van der Waals surface area contributed by atoms with Gasteiger partial charge in [-0.15, -0.1) is 0 Å². The van der Waals surface area contributed by atoms with E-state index in [-0.39, 0.29) is 11.8 Å². The lowest BCUT2D eigenvalue weighted by Gasteiger charge is -2.42. The zero-order valence-electron chi connectivity index (χ0n) is 13.7. The van der Waals surface area contributed by atoms with E-state index in [4.69, 9.17) is 8.92 Å². The van der Waals surface area contributed by atoms with Crippen LogP contribution in [0.4, 0.5) is 8.78 Å². The van der Waals surface area contributed by atoms with E-state index in [0.29, 0.717) is 0 Å². The highest BCUT2D eigenvalue weighted by Crippen LogP contribution is 2.72. The fourth-order valence-electron chi connectivity index (χ4n) is 5.08. The van der Waals surface area contributed by atoms with E-state index in [0.717, 1.165) is 0 Å². The Kier molecular flexibility index (Phi) is 4.22. The minimum atomic E-state index is -4.23. The van der Waals surface area contributed by atoms with Crippen LogP contribution >= 0.6 is 12.0 Å². The second-order valence-electron chi connectivity index (χ2n) is 7.19. The number of carbonyl (C=O) groups is 1. The van der Waals surface area contributed by atoms with Crippen LogP contribution in [-0.4, -0.2) is 36.6 Å². The fraction of sp³-hybridized carbons (Fsp3) is 0.923. The van der Waals surface area contributed by atoms with E-state index in [1.165, 1.54) is 0 Å². The number of halogens is 2. The van der Waals surface area contributed by atoms with E-state index in [1.54, 1.807) is 27.7 Å². The summed E-state index contributed by atoms with van der Waals surface area (Å²) in [6, 6.07) is 0. The summed E-state index contributed by atoms with van der Waals surface area (Å²) in [6.07, 6.45) is -1.30. The van der Waals surface area contributed by atoms with Crippen LogP contribution in [0.5, 0.6) is 0 Å². The van der Waals surface area contributed by atoms with Crippen molar-refractivity contribution in [3.8, 4) is 0 Å². The lowest BCUT2D eigenvalue weighted by Crippen LogP contribution is -2.53. The number of rotatable bonds is 5. The average Bonchev–Trinajstić information content (AvgIpc) is 2.91. The summed E-state index contributed by atoms with van der Waals surface area (Å²) < 4.78 is 66.0. The standard InChI is InChI=1S/C13H18F2O8S2/c1-5-7-8-9(20-10(16)13(14,15)24-23-22-17)11(5,3)6(2)12(7,4)21-25(8,18)19/h5-9,17H,1-4H3/p-1. The third kappa shape index (κ3) is 2.31. The van der Waals surface area contributed by atoms with Crippen LogP contribution in [0.15, 0.2) is 0 Å². The van der Waals surface area contributed by atoms with Crippen molar-refractivity contribution in [1.29, 1.82) is 0 Å². The molecular formula is C13H17F2O8S2-. The van der Waals surface area contributed by atoms with Gasteiger partial charge < -0.3 is 9.99 Å². The molecule has 144 valence electrons. The van der Waals surface area contributed by atoms with Gasteiger partial charge in [-0.25, -0.2) is 4.79 Å². The topological polar surface area (TPSA) is 111 Å². The minimum absolute atomic E-state index is 0.227. The third-order valence-corrected chi connectivity index (χ3v) is 8.81. The summed E-state index contributed by atoms with van der Waals surface area (Å²) in [6.45, 7) is 6.96. The van der Waals surface area contributed by atoms with Gasteiger partial charge in [0.05, 0.1) is 5.60 Å². The Balaban J connectivity index is 1.94. The number of hydrogen-bond donors (Lipinski definition) is 0. The number of carbonyl (C=O) groups excluding carboxylic acids is 1. The largest absolute Gasteiger partial charge is 0.691 e. The molecule has 2 bridgehead atoms. The van der Waals surface area contributed by atoms with Gasteiger partial charge in [0.15, 0.2) is 0 Å². The number of ether oxygens (including phenoxy) is 1. The maximum absolute atomic E-state index is 13.7. The first-order valence-corrected chi connectivity index (χ1v) is 9.73. The fourth-order valence-corrected chi connectivity index (χ4v) is 7.69. The molecule has 7 atom stereocenters. The maximum Gasteiger partial charge on any atom is 0.415 e. The van der Waals surface area contributed by atoms with Crippen LogP contribution < -0.4 is 5.26 Å². The molecule has 3 aliphatic rings. The Hall–Kier alpha value is -0.530. The molecule has 0 spiro atoms. The first-order valence-electron chi connectivity index (χ1n) is 7.51. The van der Waals surface area contributed by atoms with Crippen LogP contribution in [-0.2, 0) is 33.2 Å². The molecule has 1 heterocycles. The summed E-state index contributed by atoms with van der Waals surface area (Å²) in [7, 11) is -4.09. The Morgan fingerprint density at radius 3 is 2.48 bits per heavy atom. The molecule has 25 heavy (non-hydrogen) atoms. The van der Waals surface area contributed by atoms with Gasteiger partial charge in [0.2, 0.25) is 0 Å². The summed E-state index contributed by atoms with van der Waals surface area (Å²) in [5.74, 6) is -3.06. The first kappa shape index (κ1) is 19.2. The molecule has 3 rings (SSSR count). The van der Waals surface area contributed by atoms with E-state index < -0.39 is 61.7 Å². The molecule has 0 aromatic heterocycles. The van der Waals surface area contributed by atoms with Gasteiger partial charge in [0, 0.05) is 11.3 Å². The van der Waals surface area contributed by atoms with Crippen LogP contribution in [0.25, 0.3) is 0 Å². The molecular weight excluding hydrogens is 386 g/mol. The van der Waals surface area contributed by atoms with Crippen molar-refractivity contribution in [2.75, 3.05) is 0 Å². The lowest BCUT2D eigenvalue weighted by atomic mass is 9.68. The van der Waals surface area contributed by atoms with Crippen molar-refractivity contribution in [2.24, 2.45) is 23.2 Å². The summed E-state index contributed by atoms with van der Waals surface area (Å²) in [5.41, 5.74) is -1.82. The number of alkyl halides is 2. The van der Waals surface area contributed by atoms with E-state index in [2.05, 4.69) is 9.37 Å². The minimum Gasteiger partial charge on any atom is -0.691 e. The molecule has 12 heteroatoms. The molecule has 0 aromatic rings. The maximum atomic E-state index is 13.7. The van der Waals surface area contributed by atoms with Crippen molar-refractivity contribution < 1.29 is 45.5 Å². The van der Waals surface area contributed by atoms with Gasteiger partial charge in [-0.05, 0) is 18.8 Å². The lowest BCUT2D eigenvalue weighted by molar-refractivity contribution is -0.777. The predicted octanol–water partition coefficient (Wildman–Crippen LogP) is 0.772.